The molecule has 0 fully saturated rings. The smallest absolute Gasteiger partial charge is 0.124 e. The topological polar surface area (TPSA) is 17.0 Å². The van der Waals surface area contributed by atoms with Crippen LogP contribution in [0.25, 0.3) is 0 Å². The van der Waals surface area contributed by atoms with E-state index in [1.165, 1.54) is 29.1 Å². The van der Waals surface area contributed by atoms with E-state index >= 15 is 0 Å². The van der Waals surface area contributed by atoms with E-state index in [-0.39, 0.29) is 5.82 Å². The van der Waals surface area contributed by atoms with Crippen LogP contribution in [-0.2, 0) is 13.1 Å². The molecule has 0 aliphatic heterocycles. The summed E-state index contributed by atoms with van der Waals surface area (Å²) in [6, 6.07) is 6.88. The highest BCUT2D eigenvalue weighted by molar-refractivity contribution is 9.10. The third kappa shape index (κ3) is 3.00. The summed E-state index contributed by atoms with van der Waals surface area (Å²) in [4.78, 5) is 0. The Hall–Kier alpha value is -1.29. The number of benzene rings is 1. The Labute approximate surface area is 121 Å². The van der Waals surface area contributed by atoms with Gasteiger partial charge in [-0.25, -0.2) is 4.39 Å². The summed E-state index contributed by atoms with van der Waals surface area (Å²) >= 11 is 3.36. The maximum absolute atomic E-state index is 13.0. The summed E-state index contributed by atoms with van der Waals surface area (Å²) < 4.78 is 16.1. The predicted molar refractivity (Wildman–Crippen MR) is 81.0 cm³/mol. The molecule has 0 atom stereocenters. The number of halogens is 2. The largest absolute Gasteiger partial charge is 0.380 e. The van der Waals surface area contributed by atoms with Gasteiger partial charge in [-0.2, -0.15) is 0 Å². The number of nitrogens with one attached hydrogen (secondary N) is 1. The van der Waals surface area contributed by atoms with Crippen LogP contribution in [0.2, 0.25) is 0 Å². The van der Waals surface area contributed by atoms with Crippen molar-refractivity contribution in [3.05, 3.63) is 51.5 Å². The van der Waals surface area contributed by atoms with Gasteiger partial charge in [-0.3, -0.25) is 0 Å². The zero-order chi connectivity index (χ0) is 14.0. The molecule has 1 aromatic carbocycles. The maximum Gasteiger partial charge on any atom is 0.124 e. The summed E-state index contributed by atoms with van der Waals surface area (Å²) in [5, 5.41) is 3.34. The molecule has 1 aromatic heterocycles. The fourth-order valence-corrected chi connectivity index (χ4v) is 2.85. The van der Waals surface area contributed by atoms with E-state index < -0.39 is 0 Å². The molecule has 0 saturated carbocycles. The van der Waals surface area contributed by atoms with Gasteiger partial charge in [0.05, 0.1) is 0 Å². The monoisotopic (exact) mass is 324 g/mol. The number of anilines is 1. The fraction of sp³-hybridized carbons (Fsp3) is 0.333. The highest BCUT2D eigenvalue weighted by Gasteiger charge is 2.08. The summed E-state index contributed by atoms with van der Waals surface area (Å²) in [5.41, 5.74) is 4.74. The van der Waals surface area contributed by atoms with E-state index in [2.05, 4.69) is 52.7 Å². The number of rotatable bonds is 4. The van der Waals surface area contributed by atoms with Crippen molar-refractivity contribution in [1.29, 1.82) is 0 Å². The molecule has 2 nitrogen and oxygen atoms in total. The number of aryl methyl sites for hydroxylation is 1. The van der Waals surface area contributed by atoms with Gasteiger partial charge in [0.25, 0.3) is 0 Å². The lowest BCUT2D eigenvalue weighted by molar-refractivity contribution is 0.627. The van der Waals surface area contributed by atoms with Gasteiger partial charge in [0.2, 0.25) is 0 Å². The molecule has 2 aromatic rings. The lowest BCUT2D eigenvalue weighted by Gasteiger charge is -2.09. The number of aromatic nitrogens is 1. The molecule has 1 N–H and O–H groups in total. The van der Waals surface area contributed by atoms with E-state index in [1.807, 2.05) is 0 Å². The van der Waals surface area contributed by atoms with E-state index in [9.17, 15) is 4.39 Å². The Kier molecular flexibility index (Phi) is 4.30. The minimum absolute atomic E-state index is 0.235. The lowest BCUT2D eigenvalue weighted by atomic mass is 10.2. The van der Waals surface area contributed by atoms with Gasteiger partial charge in [-0.1, -0.05) is 0 Å². The number of nitrogens with zero attached hydrogens (tertiary/aromatic N) is 1. The zero-order valence-electron chi connectivity index (χ0n) is 11.4. The third-order valence-electron chi connectivity index (χ3n) is 3.40. The Morgan fingerprint density at radius 2 is 2.00 bits per heavy atom. The van der Waals surface area contributed by atoms with Gasteiger partial charge in [0.15, 0.2) is 0 Å². The van der Waals surface area contributed by atoms with Crippen molar-refractivity contribution in [2.24, 2.45) is 0 Å². The highest BCUT2D eigenvalue weighted by Crippen LogP contribution is 2.24. The van der Waals surface area contributed by atoms with Crippen LogP contribution in [0.15, 0.2) is 28.7 Å². The SMILES string of the molecule is CCn1c(C)cc(CNc2ccc(F)cc2Br)c1C. The van der Waals surface area contributed by atoms with Crippen LogP contribution in [0.5, 0.6) is 0 Å². The first kappa shape index (κ1) is 14.1. The van der Waals surface area contributed by atoms with E-state index in [1.54, 1.807) is 6.07 Å². The van der Waals surface area contributed by atoms with Gasteiger partial charge >= 0.3 is 0 Å². The van der Waals surface area contributed by atoms with Crippen molar-refractivity contribution in [2.75, 3.05) is 5.32 Å². The van der Waals surface area contributed by atoms with Crippen molar-refractivity contribution in [3.63, 3.8) is 0 Å². The summed E-state index contributed by atoms with van der Waals surface area (Å²) in [7, 11) is 0. The highest BCUT2D eigenvalue weighted by atomic mass is 79.9. The second-order valence-corrected chi connectivity index (χ2v) is 5.47. The van der Waals surface area contributed by atoms with Crippen LogP contribution < -0.4 is 5.32 Å². The minimum Gasteiger partial charge on any atom is -0.380 e. The normalized spacial score (nSPS) is 10.8. The second kappa shape index (κ2) is 5.78. The van der Waals surface area contributed by atoms with E-state index in [4.69, 9.17) is 0 Å². The quantitative estimate of drug-likeness (QED) is 0.867. The molecule has 0 unspecified atom stereocenters. The van der Waals surface area contributed by atoms with Gasteiger partial charge in [0, 0.05) is 34.6 Å². The molecule has 2 rings (SSSR count). The maximum atomic E-state index is 13.0. The van der Waals surface area contributed by atoms with Crippen LogP contribution in [0, 0.1) is 19.7 Å². The second-order valence-electron chi connectivity index (χ2n) is 4.62. The molecular weight excluding hydrogens is 307 g/mol. The molecule has 0 bridgehead atoms. The standard InChI is InChI=1S/C15H18BrFN2/c1-4-19-10(2)7-12(11(19)3)9-18-15-6-5-13(17)8-14(15)16/h5-8,18H,4,9H2,1-3H3. The first-order valence-electron chi connectivity index (χ1n) is 6.37. The Morgan fingerprint density at radius 1 is 1.26 bits per heavy atom. The molecule has 0 radical (unpaired) electrons. The van der Waals surface area contributed by atoms with Crippen molar-refractivity contribution in [2.45, 2.75) is 33.9 Å². The number of hydrogen-bond donors (Lipinski definition) is 1. The number of hydrogen-bond acceptors (Lipinski definition) is 1. The molecule has 102 valence electrons. The van der Waals surface area contributed by atoms with E-state index in [0.717, 1.165) is 23.2 Å². The molecular formula is C15H18BrFN2. The van der Waals surface area contributed by atoms with Crippen LogP contribution in [0.3, 0.4) is 0 Å². The molecule has 4 heteroatoms. The van der Waals surface area contributed by atoms with Gasteiger partial charge in [0.1, 0.15) is 5.82 Å². The van der Waals surface area contributed by atoms with Gasteiger partial charge in [-0.05, 0) is 66.5 Å². The first-order chi connectivity index (χ1) is 9.02. The van der Waals surface area contributed by atoms with Crippen LogP contribution >= 0.6 is 15.9 Å². The molecule has 0 aliphatic carbocycles. The molecule has 1 heterocycles. The van der Waals surface area contributed by atoms with Gasteiger partial charge in [-0.15, -0.1) is 0 Å². The van der Waals surface area contributed by atoms with Crippen molar-refractivity contribution >= 4 is 21.6 Å². The molecule has 0 spiro atoms. The predicted octanol–water partition coefficient (Wildman–Crippen LogP) is 4.64. The van der Waals surface area contributed by atoms with Crippen LogP contribution in [0.1, 0.15) is 23.9 Å². The van der Waals surface area contributed by atoms with Crippen molar-refractivity contribution in [3.8, 4) is 0 Å². The van der Waals surface area contributed by atoms with Crippen LogP contribution in [-0.4, -0.2) is 4.57 Å². The average molecular weight is 325 g/mol. The third-order valence-corrected chi connectivity index (χ3v) is 4.05. The lowest BCUT2D eigenvalue weighted by Crippen LogP contribution is -2.03. The van der Waals surface area contributed by atoms with Crippen molar-refractivity contribution in [1.82, 2.24) is 4.57 Å². The Morgan fingerprint density at radius 3 is 2.58 bits per heavy atom. The summed E-state index contributed by atoms with van der Waals surface area (Å²) in [6.45, 7) is 8.12. The first-order valence-corrected chi connectivity index (χ1v) is 7.16. The van der Waals surface area contributed by atoms with E-state index in [0.29, 0.717) is 0 Å². The fourth-order valence-electron chi connectivity index (χ4n) is 2.36. The molecule has 19 heavy (non-hydrogen) atoms. The van der Waals surface area contributed by atoms with Gasteiger partial charge < -0.3 is 9.88 Å². The summed E-state index contributed by atoms with van der Waals surface area (Å²) in [5.74, 6) is -0.235. The zero-order valence-corrected chi connectivity index (χ0v) is 13.0. The minimum atomic E-state index is -0.235. The molecule has 0 aliphatic rings. The van der Waals surface area contributed by atoms with Crippen molar-refractivity contribution < 1.29 is 4.39 Å². The molecule has 0 amide bonds. The average Bonchev–Trinajstić information content (AvgIpc) is 2.63. The van der Waals surface area contributed by atoms with Crippen LogP contribution in [0.4, 0.5) is 10.1 Å². The Bertz CT molecular complexity index is 590. The summed E-state index contributed by atoms with van der Waals surface area (Å²) in [6.07, 6.45) is 0. The molecule has 0 saturated heterocycles. The Balaban J connectivity index is 2.14.